The fraction of sp³-hybridized carbons (Fsp3) is 0.483. The Morgan fingerprint density at radius 2 is 1.33 bits per heavy atom. The van der Waals surface area contributed by atoms with Crippen molar-refractivity contribution in [2.24, 2.45) is 11.5 Å². The first-order valence-electron chi connectivity index (χ1n) is 28.1. The fourth-order valence-electron chi connectivity index (χ4n) is 10.5. The van der Waals surface area contributed by atoms with E-state index in [1.165, 1.54) is 48.1 Å². The van der Waals surface area contributed by atoms with Gasteiger partial charge in [-0.1, -0.05) is 93.3 Å². The minimum atomic E-state index is -1.54. The molecule has 19 heteroatoms. The van der Waals surface area contributed by atoms with Crippen molar-refractivity contribution < 1.29 is 48.5 Å². The largest absolute Gasteiger partial charge is 0.508 e. The van der Waals surface area contributed by atoms with Gasteiger partial charge in [-0.3, -0.25) is 33.6 Å². The number of rotatable bonds is 18. The number of phenols is 1. The number of phenolic OH excluding ortho intramolecular Hbond substituents is 1. The van der Waals surface area contributed by atoms with Gasteiger partial charge in [0.1, 0.15) is 47.8 Å². The monoisotopic (exact) mass is 1090 g/mol. The zero-order valence-corrected chi connectivity index (χ0v) is 45.5. The van der Waals surface area contributed by atoms with Crippen LogP contribution in [0.25, 0.3) is 22.3 Å². The molecule has 0 unspecified atom stereocenters. The van der Waals surface area contributed by atoms with Crippen LogP contribution in [0.2, 0.25) is 0 Å². The van der Waals surface area contributed by atoms with Gasteiger partial charge in [0, 0.05) is 31.2 Å². The lowest BCUT2D eigenvalue weighted by Gasteiger charge is -2.32. The zero-order valence-electron chi connectivity index (χ0n) is 45.5. The van der Waals surface area contributed by atoms with Crippen LogP contribution in [-0.2, 0) is 35.2 Å². The van der Waals surface area contributed by atoms with Crippen LogP contribution in [0.5, 0.6) is 11.5 Å². The number of nitrogens with two attached hydrogens (primary N) is 2. The van der Waals surface area contributed by atoms with Gasteiger partial charge in [0.25, 0.3) is 5.91 Å². The Kier molecular flexibility index (Phi) is 21.8. The first-order chi connectivity index (χ1) is 38.1. The molecule has 424 valence electrons. The number of carbonyl (C=O) groups excluding carboxylic acids is 7. The maximum absolute atomic E-state index is 14.4. The van der Waals surface area contributed by atoms with Gasteiger partial charge in [-0.05, 0) is 142 Å². The number of aryl methyl sites for hydroxylation is 1. The van der Waals surface area contributed by atoms with Crippen LogP contribution >= 0.6 is 0 Å². The minimum absolute atomic E-state index is 0.0157. The number of aliphatic hydroxyl groups is 1. The first-order valence-corrected chi connectivity index (χ1v) is 28.1. The summed E-state index contributed by atoms with van der Waals surface area (Å²) in [6.07, 6.45) is 6.15. The van der Waals surface area contributed by atoms with Crippen molar-refractivity contribution in [1.29, 1.82) is 0 Å². The Balaban J connectivity index is 1.08. The number of nitrogens with zero attached hydrogens (tertiary/aromatic N) is 2. The zero-order chi connectivity index (χ0) is 56.4. The number of fused-ring (bicyclic) bond motifs is 2. The number of aliphatic hydroxyl groups excluding tert-OH is 1. The van der Waals surface area contributed by atoms with Crippen LogP contribution in [-0.4, -0.2) is 143 Å². The van der Waals surface area contributed by atoms with Crippen molar-refractivity contribution in [3.63, 3.8) is 0 Å². The van der Waals surface area contributed by atoms with Gasteiger partial charge < -0.3 is 62.8 Å². The molecule has 3 saturated heterocycles. The molecule has 0 bridgehead atoms. The molecule has 7 amide bonds. The highest BCUT2D eigenvalue weighted by Gasteiger charge is 2.43. The Bertz CT molecular complexity index is 2690. The molecule has 7 rings (SSSR count). The van der Waals surface area contributed by atoms with Crippen LogP contribution in [0.4, 0.5) is 0 Å². The molecule has 8 atom stereocenters. The molecule has 3 heterocycles. The first kappa shape index (κ1) is 59.3. The van der Waals surface area contributed by atoms with E-state index in [2.05, 4.69) is 33.5 Å². The fourth-order valence-corrected chi connectivity index (χ4v) is 10.5. The van der Waals surface area contributed by atoms with Crippen molar-refractivity contribution in [2.45, 2.75) is 152 Å². The molecule has 0 radical (unpaired) electrons. The van der Waals surface area contributed by atoms with E-state index in [1.807, 2.05) is 60.7 Å². The van der Waals surface area contributed by atoms with E-state index in [9.17, 15) is 43.8 Å². The van der Waals surface area contributed by atoms with Gasteiger partial charge in [0.05, 0.1) is 12.7 Å². The lowest BCUT2D eigenvalue weighted by molar-refractivity contribution is -0.144. The van der Waals surface area contributed by atoms with E-state index < -0.39 is 89.7 Å². The summed E-state index contributed by atoms with van der Waals surface area (Å²) in [6, 6.07) is 21.6. The molecule has 19 nitrogen and oxygen atoms in total. The summed E-state index contributed by atoms with van der Waals surface area (Å²) in [5, 5.41) is 34.9. The molecule has 0 saturated carbocycles. The molecule has 4 aromatic rings. The van der Waals surface area contributed by atoms with E-state index in [0.717, 1.165) is 46.4 Å². The average molecular weight is 1090 g/mol. The highest BCUT2D eigenvalue weighted by molar-refractivity contribution is 6.00. The number of hydrogen-bond acceptors (Lipinski definition) is 12. The highest BCUT2D eigenvalue weighted by atomic mass is 16.5. The number of ether oxygens (including phenoxy) is 1. The molecular formula is C60H79N9O10. The third kappa shape index (κ3) is 16.4. The van der Waals surface area contributed by atoms with Gasteiger partial charge in [-0.25, -0.2) is 0 Å². The van der Waals surface area contributed by atoms with Crippen LogP contribution in [0.3, 0.4) is 0 Å². The summed E-state index contributed by atoms with van der Waals surface area (Å²) < 4.78 is 5.95. The number of carbonyl (C=O) groups is 7. The van der Waals surface area contributed by atoms with Crippen molar-refractivity contribution >= 4 is 41.4 Å². The predicted octanol–water partition coefficient (Wildman–Crippen LogP) is 4.21. The van der Waals surface area contributed by atoms with Gasteiger partial charge >= 0.3 is 0 Å². The van der Waals surface area contributed by atoms with Crippen LogP contribution in [0, 0.1) is 0 Å². The van der Waals surface area contributed by atoms with E-state index >= 15 is 0 Å². The smallest absolute Gasteiger partial charge is 0.251 e. The molecule has 11 N–H and O–H groups in total. The molecular weight excluding hydrogens is 1010 g/mol. The Hall–Kier alpha value is -7.35. The van der Waals surface area contributed by atoms with Gasteiger partial charge in [0.2, 0.25) is 35.4 Å². The van der Waals surface area contributed by atoms with Crippen LogP contribution < -0.4 is 42.8 Å². The average Bonchev–Trinajstić information content (AvgIpc) is 4.16. The lowest BCUT2D eigenvalue weighted by atomic mass is 9.99. The van der Waals surface area contributed by atoms with Crippen molar-refractivity contribution in [1.82, 2.24) is 36.4 Å². The third-order valence-electron chi connectivity index (χ3n) is 15.1. The number of hydrogen-bond donors (Lipinski definition) is 9. The normalized spacial score (nSPS) is 23.1. The summed E-state index contributed by atoms with van der Waals surface area (Å²) >= 11 is 0. The summed E-state index contributed by atoms with van der Waals surface area (Å²) in [6.45, 7) is 4.61. The van der Waals surface area contributed by atoms with Crippen molar-refractivity contribution in [3.8, 4) is 33.8 Å². The Morgan fingerprint density at radius 1 is 0.696 bits per heavy atom. The van der Waals surface area contributed by atoms with Crippen molar-refractivity contribution in [2.75, 3.05) is 32.8 Å². The summed E-state index contributed by atoms with van der Waals surface area (Å²) in [5.74, 6) is -3.60. The molecule has 3 aliphatic heterocycles. The predicted molar refractivity (Wildman–Crippen MR) is 300 cm³/mol. The van der Waals surface area contributed by atoms with Gasteiger partial charge in [0.15, 0.2) is 0 Å². The second-order valence-electron chi connectivity index (χ2n) is 21.1. The molecule has 0 aromatic heterocycles. The SMILES string of the molecule is CCCCCCCOc1ccc(-c2ccc(-c3ccc(C(=O)N[C@H]4CCCNC(=O)[C@@H]5C[C@H](N)CN5C(=O)[C@H](CCCN)NC(=O)[C@H](CCc5ccc(O)cc5)NC(=O)[C@@H]5CCCN5C(=O)[C@H]([C@@H](C)O)NC4=O)cc3)cc2)cc1. The number of amides is 7. The summed E-state index contributed by atoms with van der Waals surface area (Å²) in [5.41, 5.74) is 17.1. The topological polar surface area (TPSA) is 288 Å². The summed E-state index contributed by atoms with van der Waals surface area (Å²) in [4.78, 5) is 102. The second-order valence-corrected chi connectivity index (χ2v) is 21.1. The van der Waals surface area contributed by atoms with E-state index in [0.29, 0.717) is 19.4 Å². The highest BCUT2D eigenvalue weighted by Crippen LogP contribution is 2.28. The molecule has 4 aromatic carbocycles. The van der Waals surface area contributed by atoms with Crippen LogP contribution in [0.15, 0.2) is 97.1 Å². The molecule has 3 fully saturated rings. The molecule has 0 spiro atoms. The number of benzene rings is 4. The molecule has 0 aliphatic carbocycles. The Labute approximate surface area is 463 Å². The third-order valence-corrected chi connectivity index (χ3v) is 15.1. The van der Waals surface area contributed by atoms with Gasteiger partial charge in [-0.15, -0.1) is 0 Å². The number of aromatic hydroxyl groups is 1. The Morgan fingerprint density at radius 3 is 1.97 bits per heavy atom. The standard InChI is InChI=1S/C60H79N9O10/c1-3-4-5-6-7-35-79-47-29-25-43(26-30-47)41-19-17-40(18-20-41)42-21-23-44(24-22-42)54(72)64-48-12-9-33-63-57(75)52-36-45(62)37-69(52)59(77)50(11-8-32-61)66-55(73)49(31-16-39-14-27-46(71)28-15-39)65-58(76)51-13-10-34-68(51)60(78)53(38(2)70)67-56(48)74/h14-15,17-30,38,45,48-53,70-71H,3-13,16,31-37,61-62H2,1-2H3,(H,63,75)(H,64,72)(H,65,76)(H,66,73)(H,67,74)/t38-,45+,48+,49+,50+,51+,52+,53+/m1/s1. The van der Waals surface area contributed by atoms with E-state index in [1.54, 1.807) is 24.3 Å². The van der Waals surface area contributed by atoms with Gasteiger partial charge in [-0.2, -0.15) is 0 Å². The quantitative estimate of drug-likeness (QED) is 0.0634. The molecule has 79 heavy (non-hydrogen) atoms. The molecule has 3 aliphatic rings. The number of nitrogens with one attached hydrogen (secondary N) is 5. The number of unbranched alkanes of at least 4 members (excludes halogenated alkanes) is 4. The van der Waals surface area contributed by atoms with E-state index in [4.69, 9.17) is 16.2 Å². The second kappa shape index (κ2) is 29.0. The van der Waals surface area contributed by atoms with Crippen molar-refractivity contribution in [3.05, 3.63) is 108 Å². The minimum Gasteiger partial charge on any atom is -0.508 e. The maximum atomic E-state index is 14.4. The van der Waals surface area contributed by atoms with E-state index in [-0.39, 0.29) is 82.4 Å². The van der Waals surface area contributed by atoms with Crippen LogP contribution in [0.1, 0.15) is 113 Å². The maximum Gasteiger partial charge on any atom is 0.251 e. The lowest BCUT2D eigenvalue weighted by Crippen LogP contribution is -2.61. The summed E-state index contributed by atoms with van der Waals surface area (Å²) in [7, 11) is 0.